The highest BCUT2D eigenvalue weighted by atomic mass is 16.5. The molecule has 0 radical (unpaired) electrons. The first kappa shape index (κ1) is 21.5. The predicted molar refractivity (Wildman–Crippen MR) is 125 cm³/mol. The molecule has 1 fully saturated rings. The van der Waals surface area contributed by atoms with Gasteiger partial charge in [-0.3, -0.25) is 4.79 Å². The number of ether oxygens (including phenoxy) is 1. The van der Waals surface area contributed by atoms with Gasteiger partial charge in [-0.25, -0.2) is 9.97 Å². The van der Waals surface area contributed by atoms with Crippen molar-refractivity contribution in [3.05, 3.63) is 65.5 Å². The van der Waals surface area contributed by atoms with E-state index in [9.17, 15) is 4.79 Å². The van der Waals surface area contributed by atoms with E-state index >= 15 is 0 Å². The van der Waals surface area contributed by atoms with Gasteiger partial charge in [-0.15, -0.1) is 0 Å². The third-order valence-electron chi connectivity index (χ3n) is 5.29. The van der Waals surface area contributed by atoms with Gasteiger partial charge in [0.25, 0.3) is 5.91 Å². The molecule has 3 heterocycles. The number of nitrogens with one attached hydrogen (secondary N) is 1. The second kappa shape index (κ2) is 9.64. The first-order valence-electron chi connectivity index (χ1n) is 10.8. The Balaban J connectivity index is 1.39. The van der Waals surface area contributed by atoms with Gasteiger partial charge in [0.05, 0.1) is 12.2 Å². The Morgan fingerprint density at radius 3 is 2.44 bits per heavy atom. The summed E-state index contributed by atoms with van der Waals surface area (Å²) >= 11 is 0. The summed E-state index contributed by atoms with van der Waals surface area (Å²) in [6.45, 7) is 9.02. The minimum atomic E-state index is -0.0212. The molecule has 1 aromatic carbocycles. The molecule has 0 aliphatic carbocycles. The number of hydrogen-bond acceptors (Lipinski definition) is 7. The highest BCUT2D eigenvalue weighted by Crippen LogP contribution is 2.20. The van der Waals surface area contributed by atoms with Crippen molar-refractivity contribution < 1.29 is 9.53 Å². The van der Waals surface area contributed by atoms with Crippen LogP contribution in [0.4, 0.5) is 17.5 Å². The van der Waals surface area contributed by atoms with Gasteiger partial charge in [0.15, 0.2) is 0 Å². The smallest absolute Gasteiger partial charge is 0.255 e. The fraction of sp³-hybridized carbons (Fsp3) is 0.333. The van der Waals surface area contributed by atoms with Gasteiger partial charge < -0.3 is 19.9 Å². The third kappa shape index (κ3) is 5.14. The molecule has 3 aromatic rings. The highest BCUT2D eigenvalue weighted by Gasteiger charge is 2.24. The van der Waals surface area contributed by atoms with Gasteiger partial charge in [0, 0.05) is 55.9 Å². The molecule has 1 aliphatic heterocycles. The number of hydrogen-bond donors (Lipinski definition) is 1. The molecule has 32 heavy (non-hydrogen) atoms. The van der Waals surface area contributed by atoms with Gasteiger partial charge in [-0.2, -0.15) is 4.98 Å². The van der Waals surface area contributed by atoms with Crippen LogP contribution in [0.15, 0.2) is 48.7 Å². The van der Waals surface area contributed by atoms with Crippen LogP contribution in [0.25, 0.3) is 0 Å². The number of rotatable bonds is 6. The topological polar surface area (TPSA) is 83.5 Å². The summed E-state index contributed by atoms with van der Waals surface area (Å²) in [6, 6.07) is 13.6. The van der Waals surface area contributed by atoms with Crippen molar-refractivity contribution in [2.75, 3.05) is 43.0 Å². The number of amides is 1. The summed E-state index contributed by atoms with van der Waals surface area (Å²) in [7, 11) is 0. The van der Waals surface area contributed by atoms with Crippen LogP contribution in [0.3, 0.4) is 0 Å². The lowest BCUT2D eigenvalue weighted by atomic mass is 10.2. The van der Waals surface area contributed by atoms with E-state index in [2.05, 4.69) is 39.2 Å². The second-order valence-electron chi connectivity index (χ2n) is 7.78. The number of aryl methyl sites for hydroxylation is 2. The quantitative estimate of drug-likeness (QED) is 0.637. The lowest BCUT2D eigenvalue weighted by molar-refractivity contribution is 0.0745. The zero-order chi connectivity index (χ0) is 22.5. The van der Waals surface area contributed by atoms with Crippen LogP contribution in [0.1, 0.15) is 28.5 Å². The van der Waals surface area contributed by atoms with Crippen LogP contribution in [0, 0.1) is 13.8 Å². The van der Waals surface area contributed by atoms with Crippen molar-refractivity contribution in [2.24, 2.45) is 0 Å². The summed E-state index contributed by atoms with van der Waals surface area (Å²) in [5, 5.41) is 3.35. The maximum absolute atomic E-state index is 12.8. The number of anilines is 3. The van der Waals surface area contributed by atoms with Crippen LogP contribution in [-0.4, -0.2) is 58.5 Å². The number of aromatic nitrogens is 3. The minimum Gasteiger partial charge on any atom is -0.478 e. The van der Waals surface area contributed by atoms with Gasteiger partial charge in [-0.1, -0.05) is 17.7 Å². The van der Waals surface area contributed by atoms with E-state index in [-0.39, 0.29) is 5.91 Å². The van der Waals surface area contributed by atoms with Crippen molar-refractivity contribution >= 4 is 23.4 Å². The van der Waals surface area contributed by atoms with E-state index in [0.29, 0.717) is 50.2 Å². The van der Waals surface area contributed by atoms with E-state index < -0.39 is 0 Å². The molecule has 8 heteroatoms. The van der Waals surface area contributed by atoms with E-state index in [1.165, 1.54) is 5.56 Å². The first-order valence-corrected chi connectivity index (χ1v) is 10.8. The number of nitrogens with zero attached hydrogens (tertiary/aromatic N) is 5. The molecule has 0 unspecified atom stereocenters. The second-order valence-corrected chi connectivity index (χ2v) is 7.78. The average molecular weight is 433 g/mol. The summed E-state index contributed by atoms with van der Waals surface area (Å²) in [5.41, 5.74) is 3.66. The fourth-order valence-electron chi connectivity index (χ4n) is 3.58. The van der Waals surface area contributed by atoms with Crippen molar-refractivity contribution in [3.63, 3.8) is 0 Å². The first-order chi connectivity index (χ1) is 15.5. The molecule has 1 N–H and O–H groups in total. The van der Waals surface area contributed by atoms with Gasteiger partial charge in [0.2, 0.25) is 11.8 Å². The molecule has 0 saturated carbocycles. The lowest BCUT2D eigenvalue weighted by Crippen LogP contribution is -2.49. The average Bonchev–Trinajstić information content (AvgIpc) is 2.81. The molecule has 166 valence electrons. The van der Waals surface area contributed by atoms with Gasteiger partial charge in [0.1, 0.15) is 5.82 Å². The Bertz CT molecular complexity index is 1060. The normalized spacial score (nSPS) is 13.7. The number of carbonyl (C=O) groups excluding carboxylic acids is 1. The zero-order valence-corrected chi connectivity index (χ0v) is 18.7. The summed E-state index contributed by atoms with van der Waals surface area (Å²) in [6.07, 6.45) is 1.58. The van der Waals surface area contributed by atoms with E-state index in [4.69, 9.17) is 9.72 Å². The molecule has 1 amide bonds. The molecule has 8 nitrogen and oxygen atoms in total. The van der Waals surface area contributed by atoms with Crippen LogP contribution in [0.2, 0.25) is 0 Å². The molecule has 0 bridgehead atoms. The summed E-state index contributed by atoms with van der Waals surface area (Å²) < 4.78 is 5.35. The SMILES string of the molecule is CCOc1ccc(C(=O)N2CCN(c3nc(C)cc(Nc4ccc(C)cc4)n3)CC2)cn1. The number of pyridine rings is 1. The Labute approximate surface area is 188 Å². The van der Waals surface area contributed by atoms with Crippen molar-refractivity contribution in [2.45, 2.75) is 20.8 Å². The Morgan fingerprint density at radius 1 is 1.03 bits per heavy atom. The monoisotopic (exact) mass is 432 g/mol. The van der Waals surface area contributed by atoms with Crippen molar-refractivity contribution in [3.8, 4) is 5.88 Å². The Morgan fingerprint density at radius 2 is 1.78 bits per heavy atom. The van der Waals surface area contributed by atoms with Crippen LogP contribution < -0.4 is 15.0 Å². The number of piperazine rings is 1. The molecule has 0 spiro atoms. The fourth-order valence-corrected chi connectivity index (χ4v) is 3.58. The summed E-state index contributed by atoms with van der Waals surface area (Å²) in [5.74, 6) is 1.94. The zero-order valence-electron chi connectivity index (χ0n) is 18.7. The highest BCUT2D eigenvalue weighted by molar-refractivity contribution is 5.94. The minimum absolute atomic E-state index is 0.0212. The largest absolute Gasteiger partial charge is 0.478 e. The molecule has 1 aliphatic rings. The standard InChI is InChI=1S/C24H28N6O2/c1-4-32-22-10-7-19(16-25-22)23(31)29-11-13-30(14-12-29)24-26-18(3)15-21(28-24)27-20-8-5-17(2)6-9-20/h5-10,15-16H,4,11-14H2,1-3H3,(H,26,27,28). The maximum atomic E-state index is 12.8. The van der Waals surface area contributed by atoms with Crippen molar-refractivity contribution in [1.82, 2.24) is 19.9 Å². The molecule has 2 aromatic heterocycles. The van der Waals surface area contributed by atoms with Crippen LogP contribution in [0.5, 0.6) is 5.88 Å². The van der Waals surface area contributed by atoms with E-state index in [0.717, 1.165) is 17.2 Å². The predicted octanol–water partition coefficient (Wildman–Crippen LogP) is 3.59. The summed E-state index contributed by atoms with van der Waals surface area (Å²) in [4.78, 5) is 30.3. The van der Waals surface area contributed by atoms with Crippen molar-refractivity contribution in [1.29, 1.82) is 0 Å². The molecule has 1 saturated heterocycles. The third-order valence-corrected chi connectivity index (χ3v) is 5.29. The molecule has 4 rings (SSSR count). The molecular formula is C24H28N6O2. The molecular weight excluding hydrogens is 404 g/mol. The maximum Gasteiger partial charge on any atom is 0.255 e. The van der Waals surface area contributed by atoms with Crippen LogP contribution >= 0.6 is 0 Å². The Kier molecular flexibility index (Phi) is 6.49. The molecule has 0 atom stereocenters. The van der Waals surface area contributed by atoms with E-state index in [1.807, 2.05) is 36.9 Å². The van der Waals surface area contributed by atoms with Crippen LogP contribution in [-0.2, 0) is 0 Å². The van der Waals surface area contributed by atoms with Gasteiger partial charge in [-0.05, 0) is 39.0 Å². The number of benzene rings is 1. The Hall–Kier alpha value is -3.68. The van der Waals surface area contributed by atoms with Gasteiger partial charge >= 0.3 is 0 Å². The van der Waals surface area contributed by atoms with E-state index in [1.54, 1.807) is 18.3 Å². The number of carbonyl (C=O) groups is 1. The lowest BCUT2D eigenvalue weighted by Gasteiger charge is -2.35.